The fourth-order valence-corrected chi connectivity index (χ4v) is 3.03. The Hall–Kier alpha value is -2.71. The summed E-state index contributed by atoms with van der Waals surface area (Å²) < 4.78 is 30.1. The third-order valence-corrected chi connectivity index (χ3v) is 5.45. The van der Waals surface area contributed by atoms with Gasteiger partial charge in [-0.05, 0) is 42.8 Å². The van der Waals surface area contributed by atoms with E-state index in [2.05, 4.69) is 5.32 Å². The number of hydrogen-bond donors (Lipinski definition) is 1. The van der Waals surface area contributed by atoms with E-state index in [1.807, 2.05) is 0 Å². The molecule has 8 heteroatoms. The van der Waals surface area contributed by atoms with Gasteiger partial charge in [0.2, 0.25) is 10.0 Å². The van der Waals surface area contributed by atoms with E-state index >= 15 is 0 Å². The van der Waals surface area contributed by atoms with Gasteiger partial charge >= 0.3 is 5.97 Å². The van der Waals surface area contributed by atoms with Crippen molar-refractivity contribution in [3.05, 3.63) is 59.7 Å². The molecule has 2 aromatic rings. The topological polar surface area (TPSA) is 92.8 Å². The fraction of sp³-hybridized carbons (Fsp3) is 0.222. The molecule has 0 aliphatic heterocycles. The van der Waals surface area contributed by atoms with Crippen LogP contribution in [0.3, 0.4) is 0 Å². The van der Waals surface area contributed by atoms with E-state index in [4.69, 9.17) is 4.74 Å². The second-order valence-electron chi connectivity index (χ2n) is 5.75. The SMILES string of the molecule is Cc1ccccc1C(=O)OCC(=O)Nc1ccc(S(=O)(=O)N(C)C)cc1. The molecule has 2 aromatic carbocycles. The van der Waals surface area contributed by atoms with Crippen LogP contribution in [0.25, 0.3) is 0 Å². The molecule has 138 valence electrons. The molecule has 1 amide bonds. The smallest absolute Gasteiger partial charge is 0.338 e. The summed E-state index contributed by atoms with van der Waals surface area (Å²) in [6.07, 6.45) is 0. The van der Waals surface area contributed by atoms with Crippen molar-refractivity contribution in [1.29, 1.82) is 0 Å². The number of esters is 1. The Morgan fingerprint density at radius 3 is 2.23 bits per heavy atom. The molecule has 0 bridgehead atoms. The summed E-state index contributed by atoms with van der Waals surface area (Å²) in [6.45, 7) is 1.34. The monoisotopic (exact) mass is 376 g/mol. The Balaban J connectivity index is 1.94. The van der Waals surface area contributed by atoms with Gasteiger partial charge in [-0.3, -0.25) is 4.79 Å². The first kappa shape index (κ1) is 19.6. The highest BCUT2D eigenvalue weighted by atomic mass is 32.2. The average Bonchev–Trinajstić information content (AvgIpc) is 2.60. The highest BCUT2D eigenvalue weighted by Crippen LogP contribution is 2.16. The minimum atomic E-state index is -3.53. The van der Waals surface area contributed by atoms with Gasteiger partial charge in [-0.25, -0.2) is 17.5 Å². The summed E-state index contributed by atoms with van der Waals surface area (Å²) in [5, 5.41) is 2.55. The van der Waals surface area contributed by atoms with E-state index in [1.165, 1.54) is 38.4 Å². The van der Waals surface area contributed by atoms with E-state index in [0.29, 0.717) is 11.3 Å². The molecular formula is C18H20N2O5S. The minimum Gasteiger partial charge on any atom is -0.452 e. The van der Waals surface area contributed by atoms with E-state index < -0.39 is 28.5 Å². The first-order chi connectivity index (χ1) is 12.2. The summed E-state index contributed by atoms with van der Waals surface area (Å²) in [5.41, 5.74) is 1.56. The van der Waals surface area contributed by atoms with Crippen molar-refractivity contribution in [2.45, 2.75) is 11.8 Å². The summed E-state index contributed by atoms with van der Waals surface area (Å²) in [5.74, 6) is -1.10. The van der Waals surface area contributed by atoms with Crippen LogP contribution in [0, 0.1) is 6.92 Å². The quantitative estimate of drug-likeness (QED) is 0.779. The maximum atomic E-state index is 12.0. The molecule has 7 nitrogen and oxygen atoms in total. The Bertz CT molecular complexity index is 905. The predicted molar refractivity (Wildman–Crippen MR) is 97.4 cm³/mol. The lowest BCUT2D eigenvalue weighted by atomic mass is 10.1. The molecule has 0 atom stereocenters. The van der Waals surface area contributed by atoms with Crippen LogP contribution in [0.2, 0.25) is 0 Å². The molecule has 0 aromatic heterocycles. The van der Waals surface area contributed by atoms with Crippen molar-refractivity contribution >= 4 is 27.6 Å². The number of nitrogens with one attached hydrogen (secondary N) is 1. The summed E-state index contributed by atoms with van der Waals surface area (Å²) in [4.78, 5) is 24.0. The molecule has 0 aliphatic carbocycles. The highest BCUT2D eigenvalue weighted by Gasteiger charge is 2.17. The van der Waals surface area contributed by atoms with E-state index in [-0.39, 0.29) is 4.90 Å². The zero-order valence-corrected chi connectivity index (χ0v) is 15.5. The number of carbonyl (C=O) groups is 2. The molecule has 0 aliphatic rings. The van der Waals surface area contributed by atoms with Crippen LogP contribution in [0.1, 0.15) is 15.9 Å². The van der Waals surface area contributed by atoms with Crippen LogP contribution in [0.5, 0.6) is 0 Å². The summed E-state index contributed by atoms with van der Waals surface area (Å²) in [6, 6.07) is 12.6. The lowest BCUT2D eigenvalue weighted by molar-refractivity contribution is -0.119. The van der Waals surface area contributed by atoms with Crippen molar-refractivity contribution in [2.75, 3.05) is 26.0 Å². The maximum Gasteiger partial charge on any atom is 0.338 e. The molecule has 1 N–H and O–H groups in total. The Morgan fingerprint density at radius 1 is 1.04 bits per heavy atom. The van der Waals surface area contributed by atoms with Gasteiger partial charge in [0.1, 0.15) is 0 Å². The number of aryl methyl sites for hydroxylation is 1. The zero-order chi connectivity index (χ0) is 19.3. The maximum absolute atomic E-state index is 12.0. The lowest BCUT2D eigenvalue weighted by Crippen LogP contribution is -2.22. The van der Waals surface area contributed by atoms with E-state index in [1.54, 1.807) is 31.2 Å². The molecule has 26 heavy (non-hydrogen) atoms. The van der Waals surface area contributed by atoms with Crippen LogP contribution in [-0.2, 0) is 19.6 Å². The zero-order valence-electron chi connectivity index (χ0n) is 14.7. The fourth-order valence-electron chi connectivity index (χ4n) is 2.13. The Labute approximate surface area is 152 Å². The molecular weight excluding hydrogens is 356 g/mol. The standard InChI is InChI=1S/C18H20N2O5S/c1-13-6-4-5-7-16(13)18(22)25-12-17(21)19-14-8-10-15(11-9-14)26(23,24)20(2)3/h4-11H,12H2,1-3H3,(H,19,21). The van der Waals surface area contributed by atoms with Gasteiger partial charge < -0.3 is 10.1 Å². The van der Waals surface area contributed by atoms with Crippen LogP contribution < -0.4 is 5.32 Å². The normalized spacial score (nSPS) is 11.2. The van der Waals surface area contributed by atoms with Gasteiger partial charge in [0, 0.05) is 19.8 Å². The third-order valence-electron chi connectivity index (χ3n) is 3.62. The number of nitrogens with zero attached hydrogens (tertiary/aromatic N) is 1. The molecule has 0 unspecified atom stereocenters. The van der Waals surface area contributed by atoms with Gasteiger partial charge in [0.05, 0.1) is 10.5 Å². The molecule has 2 rings (SSSR count). The lowest BCUT2D eigenvalue weighted by Gasteiger charge is -2.12. The molecule has 0 saturated carbocycles. The number of benzene rings is 2. The third kappa shape index (κ3) is 4.68. The summed E-state index contributed by atoms with van der Waals surface area (Å²) >= 11 is 0. The number of anilines is 1. The van der Waals surface area contributed by atoms with Gasteiger partial charge in [0.15, 0.2) is 6.61 Å². The van der Waals surface area contributed by atoms with Crippen LogP contribution in [0.4, 0.5) is 5.69 Å². The number of carbonyl (C=O) groups excluding carboxylic acids is 2. The predicted octanol–water partition coefficient (Wildman–Crippen LogP) is 2.04. The molecule has 0 radical (unpaired) electrons. The molecule has 0 spiro atoms. The second-order valence-corrected chi connectivity index (χ2v) is 7.90. The summed E-state index contributed by atoms with van der Waals surface area (Å²) in [7, 11) is -0.650. The van der Waals surface area contributed by atoms with Crippen LogP contribution in [0.15, 0.2) is 53.4 Å². The van der Waals surface area contributed by atoms with Gasteiger partial charge in [-0.2, -0.15) is 0 Å². The van der Waals surface area contributed by atoms with Crippen LogP contribution in [-0.4, -0.2) is 45.3 Å². The van der Waals surface area contributed by atoms with Crippen molar-refractivity contribution in [3.8, 4) is 0 Å². The van der Waals surface area contributed by atoms with Crippen molar-refractivity contribution < 1.29 is 22.7 Å². The van der Waals surface area contributed by atoms with E-state index in [0.717, 1.165) is 9.87 Å². The Morgan fingerprint density at radius 2 is 1.65 bits per heavy atom. The number of sulfonamides is 1. The van der Waals surface area contributed by atoms with Gasteiger partial charge in [0.25, 0.3) is 5.91 Å². The number of ether oxygens (including phenoxy) is 1. The van der Waals surface area contributed by atoms with Crippen molar-refractivity contribution in [1.82, 2.24) is 4.31 Å². The second kappa shape index (κ2) is 8.11. The van der Waals surface area contributed by atoms with Crippen molar-refractivity contribution in [2.24, 2.45) is 0 Å². The Kier molecular flexibility index (Phi) is 6.12. The first-order valence-electron chi connectivity index (χ1n) is 7.77. The molecule has 0 fully saturated rings. The molecule has 0 heterocycles. The van der Waals surface area contributed by atoms with Gasteiger partial charge in [-0.1, -0.05) is 18.2 Å². The van der Waals surface area contributed by atoms with Crippen LogP contribution >= 0.6 is 0 Å². The van der Waals surface area contributed by atoms with Gasteiger partial charge in [-0.15, -0.1) is 0 Å². The molecule has 0 saturated heterocycles. The average molecular weight is 376 g/mol. The highest BCUT2D eigenvalue weighted by molar-refractivity contribution is 7.89. The van der Waals surface area contributed by atoms with E-state index in [9.17, 15) is 18.0 Å². The number of rotatable bonds is 6. The van der Waals surface area contributed by atoms with Crippen molar-refractivity contribution in [3.63, 3.8) is 0 Å². The number of amides is 1. The number of hydrogen-bond acceptors (Lipinski definition) is 5. The first-order valence-corrected chi connectivity index (χ1v) is 9.21. The largest absolute Gasteiger partial charge is 0.452 e. The minimum absolute atomic E-state index is 0.117.